The van der Waals surface area contributed by atoms with Crippen molar-refractivity contribution in [1.29, 1.82) is 0 Å². The summed E-state index contributed by atoms with van der Waals surface area (Å²) in [4.78, 5) is 22.5. The molecule has 1 aliphatic heterocycles. The Kier molecular flexibility index (Phi) is 2.19. The number of aryl methyl sites for hydroxylation is 1. The van der Waals surface area contributed by atoms with Crippen molar-refractivity contribution in [3.63, 3.8) is 0 Å². The van der Waals surface area contributed by atoms with E-state index < -0.39 is 5.97 Å². The normalized spacial score (nSPS) is 13.3. The van der Waals surface area contributed by atoms with Gasteiger partial charge in [0.25, 0.3) is 0 Å². The number of carbonyl (C=O) groups excluding carboxylic acids is 2. The Morgan fingerprint density at radius 2 is 2.20 bits per heavy atom. The van der Waals surface area contributed by atoms with Crippen LogP contribution in [0.4, 0.5) is 0 Å². The summed E-state index contributed by atoms with van der Waals surface area (Å²) >= 11 is 0. The molecule has 0 unspecified atom stereocenters. The van der Waals surface area contributed by atoms with E-state index in [9.17, 15) is 9.59 Å². The molecule has 0 N–H and O–H groups in total. The average molecular weight is 206 g/mol. The van der Waals surface area contributed by atoms with Crippen molar-refractivity contribution in [3.8, 4) is 5.75 Å². The Morgan fingerprint density at radius 3 is 2.87 bits per heavy atom. The molecule has 1 aromatic carbocycles. The lowest BCUT2D eigenvalue weighted by atomic mass is 10.0. The van der Waals surface area contributed by atoms with Gasteiger partial charge < -0.3 is 9.47 Å². The van der Waals surface area contributed by atoms with E-state index in [0.717, 1.165) is 5.56 Å². The zero-order valence-corrected chi connectivity index (χ0v) is 8.49. The van der Waals surface area contributed by atoms with Crippen molar-refractivity contribution in [2.24, 2.45) is 0 Å². The molecule has 0 aliphatic carbocycles. The van der Waals surface area contributed by atoms with Crippen LogP contribution in [-0.4, -0.2) is 19.0 Å². The van der Waals surface area contributed by atoms with Crippen LogP contribution in [0.25, 0.3) is 0 Å². The first-order valence-electron chi connectivity index (χ1n) is 4.54. The molecular formula is C11H10O4. The average Bonchev–Trinajstić information content (AvgIpc) is 2.55. The third-order valence-electron chi connectivity index (χ3n) is 2.30. The zero-order chi connectivity index (χ0) is 11.0. The van der Waals surface area contributed by atoms with E-state index in [-0.39, 0.29) is 12.4 Å². The van der Waals surface area contributed by atoms with Gasteiger partial charge in [-0.25, -0.2) is 4.79 Å². The van der Waals surface area contributed by atoms with Crippen LogP contribution in [0, 0.1) is 6.92 Å². The summed E-state index contributed by atoms with van der Waals surface area (Å²) in [6.45, 7) is 1.83. The van der Waals surface area contributed by atoms with Gasteiger partial charge in [0.05, 0.1) is 19.1 Å². The molecule has 0 fully saturated rings. The molecular weight excluding hydrogens is 196 g/mol. The Balaban J connectivity index is 2.56. The van der Waals surface area contributed by atoms with E-state index in [0.29, 0.717) is 16.9 Å². The number of hydrogen-bond acceptors (Lipinski definition) is 4. The second kappa shape index (κ2) is 3.38. The summed E-state index contributed by atoms with van der Waals surface area (Å²) in [7, 11) is 1.31. The lowest BCUT2D eigenvalue weighted by Crippen LogP contribution is -2.05. The van der Waals surface area contributed by atoms with E-state index in [1.165, 1.54) is 7.11 Å². The van der Waals surface area contributed by atoms with E-state index in [4.69, 9.17) is 4.74 Å². The lowest BCUT2D eigenvalue weighted by Gasteiger charge is -2.05. The van der Waals surface area contributed by atoms with Gasteiger partial charge in [-0.3, -0.25) is 4.79 Å². The van der Waals surface area contributed by atoms with Crippen molar-refractivity contribution in [3.05, 3.63) is 28.8 Å². The molecule has 1 aliphatic rings. The SMILES string of the molecule is COC(=O)c1cc(C)cc2c1CC(=O)O2. The molecule has 15 heavy (non-hydrogen) atoms. The molecule has 0 aromatic heterocycles. The van der Waals surface area contributed by atoms with Crippen LogP contribution in [0.3, 0.4) is 0 Å². The summed E-state index contributed by atoms with van der Waals surface area (Å²) < 4.78 is 9.62. The highest BCUT2D eigenvalue weighted by molar-refractivity contribution is 5.95. The van der Waals surface area contributed by atoms with Gasteiger partial charge in [-0.05, 0) is 24.6 Å². The molecule has 0 spiro atoms. The Labute approximate surface area is 86.8 Å². The molecule has 1 heterocycles. The summed E-state index contributed by atoms with van der Waals surface area (Å²) in [6.07, 6.45) is 0.139. The van der Waals surface area contributed by atoms with E-state index in [1.807, 2.05) is 6.92 Å². The van der Waals surface area contributed by atoms with Crippen LogP contribution < -0.4 is 4.74 Å². The minimum atomic E-state index is -0.437. The molecule has 1 aromatic rings. The van der Waals surface area contributed by atoms with Gasteiger partial charge >= 0.3 is 11.9 Å². The van der Waals surface area contributed by atoms with Crippen LogP contribution in [0.15, 0.2) is 12.1 Å². The second-order valence-corrected chi connectivity index (χ2v) is 3.43. The number of fused-ring (bicyclic) bond motifs is 1. The first kappa shape index (κ1) is 9.71. The number of esters is 2. The van der Waals surface area contributed by atoms with Crippen LogP contribution >= 0.6 is 0 Å². The van der Waals surface area contributed by atoms with Crippen molar-refractivity contribution < 1.29 is 19.1 Å². The van der Waals surface area contributed by atoms with Crippen molar-refractivity contribution >= 4 is 11.9 Å². The maximum Gasteiger partial charge on any atom is 0.338 e. The quantitative estimate of drug-likeness (QED) is 0.512. The second-order valence-electron chi connectivity index (χ2n) is 3.43. The largest absolute Gasteiger partial charge is 0.465 e. The number of benzene rings is 1. The predicted octanol–water partition coefficient (Wildman–Crippen LogP) is 1.24. The van der Waals surface area contributed by atoms with Crippen molar-refractivity contribution in [2.75, 3.05) is 7.11 Å². The predicted molar refractivity (Wildman–Crippen MR) is 51.9 cm³/mol. The molecule has 0 saturated carbocycles. The van der Waals surface area contributed by atoms with E-state index in [1.54, 1.807) is 12.1 Å². The molecule has 0 amide bonds. The molecule has 0 bridgehead atoms. The highest BCUT2D eigenvalue weighted by Crippen LogP contribution is 2.30. The summed E-state index contributed by atoms with van der Waals surface area (Å²) in [5, 5.41) is 0. The molecule has 0 radical (unpaired) electrons. The van der Waals surface area contributed by atoms with Crippen molar-refractivity contribution in [2.45, 2.75) is 13.3 Å². The minimum absolute atomic E-state index is 0.139. The van der Waals surface area contributed by atoms with Gasteiger partial charge in [0.1, 0.15) is 5.75 Å². The minimum Gasteiger partial charge on any atom is -0.465 e. The number of rotatable bonds is 1. The molecule has 78 valence electrons. The van der Waals surface area contributed by atoms with Gasteiger partial charge in [-0.2, -0.15) is 0 Å². The van der Waals surface area contributed by atoms with Gasteiger partial charge in [-0.1, -0.05) is 0 Å². The zero-order valence-electron chi connectivity index (χ0n) is 8.49. The third kappa shape index (κ3) is 1.58. The first-order valence-corrected chi connectivity index (χ1v) is 4.54. The molecule has 0 saturated heterocycles. The number of carbonyl (C=O) groups is 2. The van der Waals surface area contributed by atoms with Crippen LogP contribution in [0.5, 0.6) is 5.75 Å². The van der Waals surface area contributed by atoms with Crippen molar-refractivity contribution in [1.82, 2.24) is 0 Å². The Morgan fingerprint density at radius 1 is 1.47 bits per heavy atom. The topological polar surface area (TPSA) is 52.6 Å². The fourth-order valence-corrected chi connectivity index (χ4v) is 1.65. The Bertz CT molecular complexity index is 448. The van der Waals surface area contributed by atoms with E-state index in [2.05, 4.69) is 4.74 Å². The maximum atomic E-state index is 11.4. The molecule has 4 nitrogen and oxygen atoms in total. The Hall–Kier alpha value is -1.84. The lowest BCUT2D eigenvalue weighted by molar-refractivity contribution is -0.131. The number of methoxy groups -OCH3 is 1. The summed E-state index contributed by atoms with van der Waals surface area (Å²) in [5.74, 6) is -0.297. The van der Waals surface area contributed by atoms with Gasteiger partial charge in [0, 0.05) is 5.56 Å². The number of hydrogen-bond donors (Lipinski definition) is 0. The molecule has 0 atom stereocenters. The smallest absolute Gasteiger partial charge is 0.338 e. The van der Waals surface area contributed by atoms with Gasteiger partial charge in [0.2, 0.25) is 0 Å². The standard InChI is InChI=1S/C11H10O4/c1-6-3-8(11(13)14-2)7-5-10(12)15-9(7)4-6/h3-4H,5H2,1-2H3. The summed E-state index contributed by atoms with van der Waals surface area (Å²) in [5.41, 5.74) is 1.90. The van der Waals surface area contributed by atoms with Gasteiger partial charge in [0.15, 0.2) is 0 Å². The maximum absolute atomic E-state index is 11.4. The fourth-order valence-electron chi connectivity index (χ4n) is 1.65. The van der Waals surface area contributed by atoms with Gasteiger partial charge in [-0.15, -0.1) is 0 Å². The third-order valence-corrected chi connectivity index (χ3v) is 2.30. The summed E-state index contributed by atoms with van der Waals surface area (Å²) in [6, 6.07) is 3.44. The first-order chi connectivity index (χ1) is 7.11. The highest BCUT2D eigenvalue weighted by Gasteiger charge is 2.26. The van der Waals surface area contributed by atoms with Crippen LogP contribution in [0.1, 0.15) is 21.5 Å². The molecule has 4 heteroatoms. The highest BCUT2D eigenvalue weighted by atomic mass is 16.5. The fraction of sp³-hybridized carbons (Fsp3) is 0.273. The van der Waals surface area contributed by atoms with E-state index >= 15 is 0 Å². The molecule has 2 rings (SSSR count). The monoisotopic (exact) mass is 206 g/mol. The van der Waals surface area contributed by atoms with Crippen LogP contribution in [0.2, 0.25) is 0 Å². The number of ether oxygens (including phenoxy) is 2. The van der Waals surface area contributed by atoms with Crippen LogP contribution in [-0.2, 0) is 16.0 Å².